The van der Waals surface area contributed by atoms with Gasteiger partial charge in [-0.2, -0.15) is 0 Å². The molecule has 1 aliphatic heterocycles. The maximum atomic E-state index is 5.32. The summed E-state index contributed by atoms with van der Waals surface area (Å²) in [5.74, 6) is 0. The van der Waals surface area contributed by atoms with Crippen LogP contribution in [0, 0.1) is 0 Å². The average Bonchev–Trinajstić information content (AvgIpc) is 2.30. The molecule has 0 saturated carbocycles. The lowest BCUT2D eigenvalue weighted by Crippen LogP contribution is -2.38. The van der Waals surface area contributed by atoms with E-state index in [1.807, 2.05) is 18.3 Å². The van der Waals surface area contributed by atoms with Crippen LogP contribution in [0.25, 0.3) is 0 Å². The molecule has 0 radical (unpaired) electrons. The minimum absolute atomic E-state index is 0.403. The molecule has 1 aromatic rings. The summed E-state index contributed by atoms with van der Waals surface area (Å²) >= 11 is 0. The minimum atomic E-state index is 0.403. The van der Waals surface area contributed by atoms with Gasteiger partial charge in [-0.05, 0) is 19.1 Å². The Bertz CT molecular complexity index is 270. The van der Waals surface area contributed by atoms with Gasteiger partial charge in [-0.3, -0.25) is 9.88 Å². The summed E-state index contributed by atoms with van der Waals surface area (Å²) in [6.45, 7) is 5.91. The van der Waals surface area contributed by atoms with Crippen molar-refractivity contribution in [2.45, 2.75) is 13.0 Å². The zero-order valence-electron chi connectivity index (χ0n) is 8.52. The molecular formula is C11H16N2O. The fourth-order valence-corrected chi connectivity index (χ4v) is 1.77. The van der Waals surface area contributed by atoms with Gasteiger partial charge in [-0.15, -0.1) is 0 Å². The third-order valence-electron chi connectivity index (χ3n) is 2.71. The fraction of sp³-hybridized carbons (Fsp3) is 0.545. The normalized spacial score (nSPS) is 20.6. The molecule has 0 N–H and O–H groups in total. The fourth-order valence-electron chi connectivity index (χ4n) is 1.77. The van der Waals surface area contributed by atoms with Crippen LogP contribution < -0.4 is 0 Å². The molecule has 1 unspecified atom stereocenters. The number of aromatic nitrogens is 1. The molecule has 1 atom stereocenters. The zero-order valence-corrected chi connectivity index (χ0v) is 8.52. The van der Waals surface area contributed by atoms with Crippen LogP contribution in [-0.2, 0) is 4.74 Å². The highest BCUT2D eigenvalue weighted by atomic mass is 16.5. The third-order valence-corrected chi connectivity index (χ3v) is 2.71. The van der Waals surface area contributed by atoms with E-state index in [1.165, 1.54) is 0 Å². The summed E-state index contributed by atoms with van der Waals surface area (Å²) in [5.41, 5.74) is 1.15. The molecule has 3 nitrogen and oxygen atoms in total. The van der Waals surface area contributed by atoms with Gasteiger partial charge in [0.15, 0.2) is 0 Å². The van der Waals surface area contributed by atoms with Gasteiger partial charge in [-0.1, -0.05) is 6.07 Å². The maximum absolute atomic E-state index is 5.32. The van der Waals surface area contributed by atoms with Crippen molar-refractivity contribution >= 4 is 0 Å². The second kappa shape index (κ2) is 4.53. The molecule has 2 rings (SSSR count). The standard InChI is InChI=1S/C11H16N2O/c1-10(11-4-2-3-5-12-11)13-6-8-14-9-7-13/h2-5,10H,6-9H2,1H3. The van der Waals surface area contributed by atoms with Crippen LogP contribution in [0.2, 0.25) is 0 Å². The summed E-state index contributed by atoms with van der Waals surface area (Å²) in [4.78, 5) is 6.78. The van der Waals surface area contributed by atoms with E-state index in [4.69, 9.17) is 4.74 Å². The summed E-state index contributed by atoms with van der Waals surface area (Å²) in [6.07, 6.45) is 1.85. The van der Waals surface area contributed by atoms with Gasteiger partial charge in [0, 0.05) is 25.3 Å². The molecule has 0 bridgehead atoms. The van der Waals surface area contributed by atoms with E-state index in [0.29, 0.717) is 6.04 Å². The lowest BCUT2D eigenvalue weighted by molar-refractivity contribution is 0.0190. The molecule has 0 spiro atoms. The van der Waals surface area contributed by atoms with Crippen LogP contribution in [0.3, 0.4) is 0 Å². The van der Waals surface area contributed by atoms with E-state index in [9.17, 15) is 0 Å². The van der Waals surface area contributed by atoms with Crippen molar-refractivity contribution in [2.75, 3.05) is 26.3 Å². The van der Waals surface area contributed by atoms with E-state index in [1.54, 1.807) is 0 Å². The lowest BCUT2D eigenvalue weighted by Gasteiger charge is -2.31. The Hall–Kier alpha value is -0.930. The first-order valence-electron chi connectivity index (χ1n) is 5.10. The first kappa shape index (κ1) is 9.62. The topological polar surface area (TPSA) is 25.4 Å². The highest BCUT2D eigenvalue weighted by Gasteiger charge is 2.18. The molecule has 76 valence electrons. The number of morpholine rings is 1. The molecule has 0 aromatic carbocycles. The molecule has 1 fully saturated rings. The smallest absolute Gasteiger partial charge is 0.0594 e. The van der Waals surface area contributed by atoms with Gasteiger partial charge >= 0.3 is 0 Å². The SMILES string of the molecule is CC(c1ccccn1)N1CCOCC1. The third kappa shape index (κ3) is 2.11. The summed E-state index contributed by atoms with van der Waals surface area (Å²) in [5, 5.41) is 0. The van der Waals surface area contributed by atoms with Gasteiger partial charge in [-0.25, -0.2) is 0 Å². The van der Waals surface area contributed by atoms with E-state index in [-0.39, 0.29) is 0 Å². The van der Waals surface area contributed by atoms with Gasteiger partial charge < -0.3 is 4.74 Å². The van der Waals surface area contributed by atoms with Crippen LogP contribution in [0.1, 0.15) is 18.7 Å². The molecule has 1 aromatic heterocycles. The second-order valence-corrected chi connectivity index (χ2v) is 3.58. The van der Waals surface area contributed by atoms with Gasteiger partial charge in [0.1, 0.15) is 0 Å². The van der Waals surface area contributed by atoms with Crippen molar-refractivity contribution in [2.24, 2.45) is 0 Å². The number of hydrogen-bond acceptors (Lipinski definition) is 3. The Morgan fingerprint density at radius 1 is 1.36 bits per heavy atom. The maximum Gasteiger partial charge on any atom is 0.0594 e. The zero-order chi connectivity index (χ0) is 9.80. The van der Waals surface area contributed by atoms with Crippen molar-refractivity contribution in [3.05, 3.63) is 30.1 Å². The molecule has 3 heteroatoms. The summed E-state index contributed by atoms with van der Waals surface area (Å²) in [6, 6.07) is 6.48. The Kier molecular flexibility index (Phi) is 3.11. The predicted molar refractivity (Wildman–Crippen MR) is 55.0 cm³/mol. The number of rotatable bonds is 2. The highest BCUT2D eigenvalue weighted by Crippen LogP contribution is 2.18. The van der Waals surface area contributed by atoms with Crippen LogP contribution >= 0.6 is 0 Å². The van der Waals surface area contributed by atoms with Gasteiger partial charge in [0.05, 0.1) is 18.9 Å². The minimum Gasteiger partial charge on any atom is -0.379 e. The first-order chi connectivity index (χ1) is 6.88. The van der Waals surface area contributed by atoms with Crippen molar-refractivity contribution < 1.29 is 4.74 Å². The average molecular weight is 192 g/mol. The van der Waals surface area contributed by atoms with Crippen molar-refractivity contribution in [3.63, 3.8) is 0 Å². The van der Waals surface area contributed by atoms with E-state index < -0.39 is 0 Å². The van der Waals surface area contributed by atoms with E-state index in [0.717, 1.165) is 32.0 Å². The lowest BCUT2D eigenvalue weighted by atomic mass is 10.2. The Morgan fingerprint density at radius 2 is 2.14 bits per heavy atom. The number of nitrogens with zero attached hydrogens (tertiary/aromatic N) is 2. The Labute approximate surface area is 84.7 Å². The van der Waals surface area contributed by atoms with Crippen molar-refractivity contribution in [1.82, 2.24) is 9.88 Å². The quantitative estimate of drug-likeness (QED) is 0.709. The summed E-state index contributed by atoms with van der Waals surface area (Å²) < 4.78 is 5.32. The molecule has 1 saturated heterocycles. The molecule has 0 amide bonds. The predicted octanol–water partition coefficient (Wildman–Crippen LogP) is 1.47. The van der Waals surface area contributed by atoms with Crippen LogP contribution in [0.15, 0.2) is 24.4 Å². The van der Waals surface area contributed by atoms with Crippen LogP contribution in [-0.4, -0.2) is 36.2 Å². The van der Waals surface area contributed by atoms with Crippen molar-refractivity contribution in [1.29, 1.82) is 0 Å². The Morgan fingerprint density at radius 3 is 2.79 bits per heavy atom. The van der Waals surface area contributed by atoms with Crippen LogP contribution in [0.4, 0.5) is 0 Å². The first-order valence-corrected chi connectivity index (χ1v) is 5.10. The van der Waals surface area contributed by atoms with E-state index in [2.05, 4.69) is 22.9 Å². The summed E-state index contributed by atoms with van der Waals surface area (Å²) in [7, 11) is 0. The number of pyridine rings is 1. The molecular weight excluding hydrogens is 176 g/mol. The Balaban J connectivity index is 2.03. The number of hydrogen-bond donors (Lipinski definition) is 0. The van der Waals surface area contributed by atoms with Crippen molar-refractivity contribution in [3.8, 4) is 0 Å². The molecule has 2 heterocycles. The van der Waals surface area contributed by atoms with Gasteiger partial charge in [0.2, 0.25) is 0 Å². The van der Waals surface area contributed by atoms with E-state index >= 15 is 0 Å². The largest absolute Gasteiger partial charge is 0.379 e. The monoisotopic (exact) mass is 192 g/mol. The highest BCUT2D eigenvalue weighted by molar-refractivity contribution is 5.08. The molecule has 1 aliphatic rings. The molecule has 0 aliphatic carbocycles. The van der Waals surface area contributed by atoms with Crippen LogP contribution in [0.5, 0.6) is 0 Å². The second-order valence-electron chi connectivity index (χ2n) is 3.58. The van der Waals surface area contributed by atoms with Gasteiger partial charge in [0.25, 0.3) is 0 Å². The molecule has 14 heavy (non-hydrogen) atoms. The number of ether oxygens (including phenoxy) is 1.